The maximum atomic E-state index is 13.4. The highest BCUT2D eigenvalue weighted by molar-refractivity contribution is 6.18. The molecule has 1 aromatic heterocycles. The summed E-state index contributed by atoms with van der Waals surface area (Å²) in [4.78, 5) is 33.6. The van der Waals surface area contributed by atoms with Gasteiger partial charge in [0.15, 0.2) is 5.43 Å². The molecule has 0 radical (unpaired) electrons. The molecule has 1 heterocycles. The number of benzene rings is 4. The zero-order chi connectivity index (χ0) is 24.4. The average Bonchev–Trinajstić information content (AvgIpc) is 2.87. The lowest BCUT2D eigenvalue weighted by Gasteiger charge is -2.15. The van der Waals surface area contributed by atoms with E-state index in [1.165, 1.54) is 5.56 Å². The van der Waals surface area contributed by atoms with Crippen LogP contribution in [0.5, 0.6) is 0 Å². The summed E-state index contributed by atoms with van der Waals surface area (Å²) in [6.07, 6.45) is 0. The van der Waals surface area contributed by atoms with Crippen LogP contribution in [0.15, 0.2) is 81.3 Å². The van der Waals surface area contributed by atoms with Gasteiger partial charge >= 0.3 is 0 Å². The van der Waals surface area contributed by atoms with Crippen LogP contribution in [0.4, 0.5) is 0 Å². The van der Waals surface area contributed by atoms with Gasteiger partial charge in [0, 0.05) is 41.2 Å². The fourth-order valence-electron chi connectivity index (χ4n) is 4.51. The Labute approximate surface area is 202 Å². The minimum atomic E-state index is -0.140. The number of likely N-dealkylation sites (N-methyl/N-ethyl adjacent to an activating group) is 1. The van der Waals surface area contributed by atoms with Crippen molar-refractivity contribution in [1.82, 2.24) is 20.0 Å². The molecule has 4 aromatic carbocycles. The predicted octanol–water partition coefficient (Wildman–Crippen LogP) is 2.69. The molecule has 178 valence electrons. The van der Waals surface area contributed by atoms with Crippen LogP contribution in [-0.4, -0.2) is 48.4 Å². The lowest BCUT2D eigenvalue weighted by atomic mass is 9.98. The summed E-state index contributed by atoms with van der Waals surface area (Å²) in [5.41, 5.74) is 1.81. The number of fused-ring (bicyclic) bond motifs is 2. The zero-order valence-corrected chi connectivity index (χ0v) is 20.0. The molecule has 0 atom stereocenters. The molecule has 0 aliphatic carbocycles. The van der Waals surface area contributed by atoms with E-state index < -0.39 is 0 Å². The van der Waals surface area contributed by atoms with Crippen LogP contribution in [0.2, 0.25) is 0 Å². The Morgan fingerprint density at radius 1 is 0.914 bits per heavy atom. The molecule has 0 bridgehead atoms. The first-order valence-corrected chi connectivity index (χ1v) is 11.9. The standard InChI is InChI=1S/C28H29N5O2/c1-32(2)14-15-33-28(35)24-17-20(30-13-12-29-18-19-8-4-3-5-9-19)16-23-25(24)26(31-33)21-10-6-7-11-22(21)27(23)34/h3-11,16-17,29,31H,12-15,18H2,1-2H3. The van der Waals surface area contributed by atoms with Gasteiger partial charge in [-0.15, -0.1) is 0 Å². The van der Waals surface area contributed by atoms with Crippen molar-refractivity contribution in [2.75, 3.05) is 33.7 Å². The number of hydrogen-bond donors (Lipinski definition) is 2. The van der Waals surface area contributed by atoms with Crippen LogP contribution >= 0.6 is 0 Å². The van der Waals surface area contributed by atoms with Crippen LogP contribution < -0.4 is 21.7 Å². The Hall–Kier alpha value is -3.81. The Kier molecular flexibility index (Phi) is 6.44. The van der Waals surface area contributed by atoms with E-state index >= 15 is 0 Å². The molecule has 0 spiro atoms. The second kappa shape index (κ2) is 9.82. The molecule has 5 rings (SSSR count). The van der Waals surface area contributed by atoms with Crippen molar-refractivity contribution in [2.45, 2.75) is 13.1 Å². The molecule has 7 nitrogen and oxygen atoms in total. The van der Waals surface area contributed by atoms with Crippen LogP contribution in [-0.2, 0) is 13.1 Å². The Morgan fingerprint density at radius 2 is 1.63 bits per heavy atom. The maximum Gasteiger partial charge on any atom is 0.273 e. The first kappa shape index (κ1) is 23.0. The van der Waals surface area contributed by atoms with Gasteiger partial charge in [0.1, 0.15) is 0 Å². The van der Waals surface area contributed by atoms with Crippen molar-refractivity contribution < 1.29 is 0 Å². The van der Waals surface area contributed by atoms with E-state index in [1.807, 2.05) is 73.6 Å². The molecule has 5 aromatic rings. The molecular formula is C28H29N5O2. The van der Waals surface area contributed by atoms with E-state index in [4.69, 9.17) is 4.99 Å². The Morgan fingerprint density at radius 3 is 2.40 bits per heavy atom. The van der Waals surface area contributed by atoms with Crippen LogP contribution in [0.25, 0.3) is 32.4 Å². The molecule has 0 aliphatic rings. The third-order valence-corrected chi connectivity index (χ3v) is 6.31. The minimum Gasteiger partial charge on any atom is -0.311 e. The molecule has 2 N–H and O–H groups in total. The molecule has 0 saturated carbocycles. The Balaban J connectivity index is 1.59. The largest absolute Gasteiger partial charge is 0.311 e. The smallest absolute Gasteiger partial charge is 0.273 e. The van der Waals surface area contributed by atoms with Crippen molar-refractivity contribution in [3.8, 4) is 0 Å². The summed E-state index contributed by atoms with van der Waals surface area (Å²) in [5.74, 6) is 0. The number of H-pyrrole nitrogens is 1. The van der Waals surface area contributed by atoms with Gasteiger partial charge in [-0.1, -0.05) is 54.6 Å². The number of nitrogens with zero attached hydrogens (tertiary/aromatic N) is 3. The number of nitrogens with one attached hydrogen (secondary N) is 2. The fraction of sp³-hybridized carbons (Fsp3) is 0.250. The first-order valence-electron chi connectivity index (χ1n) is 11.9. The second-order valence-electron chi connectivity index (χ2n) is 9.08. The van der Waals surface area contributed by atoms with Crippen LogP contribution in [0.1, 0.15) is 5.56 Å². The van der Waals surface area contributed by atoms with Crippen molar-refractivity contribution in [2.24, 2.45) is 4.99 Å². The van der Waals surface area contributed by atoms with Gasteiger partial charge in [-0.2, -0.15) is 0 Å². The van der Waals surface area contributed by atoms with Gasteiger partial charge in [0.2, 0.25) is 0 Å². The summed E-state index contributed by atoms with van der Waals surface area (Å²) in [6, 6.07) is 21.4. The summed E-state index contributed by atoms with van der Waals surface area (Å²) in [7, 11) is 3.95. The zero-order valence-electron chi connectivity index (χ0n) is 20.0. The van der Waals surface area contributed by atoms with Gasteiger partial charge in [0.05, 0.1) is 29.3 Å². The summed E-state index contributed by atoms with van der Waals surface area (Å²) >= 11 is 0. The molecule has 7 heteroatoms. The van der Waals surface area contributed by atoms with E-state index in [9.17, 15) is 9.59 Å². The highest BCUT2D eigenvalue weighted by atomic mass is 16.1. The molecule has 0 aliphatic heterocycles. The van der Waals surface area contributed by atoms with E-state index in [0.29, 0.717) is 53.1 Å². The number of rotatable bonds is 8. The summed E-state index contributed by atoms with van der Waals surface area (Å²) < 4.78 is 1.64. The molecule has 0 fully saturated rings. The van der Waals surface area contributed by atoms with Crippen LogP contribution in [0.3, 0.4) is 0 Å². The highest BCUT2D eigenvalue weighted by Gasteiger charge is 2.16. The third kappa shape index (κ3) is 4.60. The van der Waals surface area contributed by atoms with E-state index in [-0.39, 0.29) is 11.0 Å². The van der Waals surface area contributed by atoms with Crippen molar-refractivity contribution in [3.63, 3.8) is 0 Å². The number of hydrogen-bond acceptors (Lipinski definition) is 5. The average molecular weight is 468 g/mol. The molecular weight excluding hydrogens is 438 g/mol. The van der Waals surface area contributed by atoms with E-state index in [0.717, 1.165) is 17.4 Å². The van der Waals surface area contributed by atoms with Crippen LogP contribution in [0, 0.1) is 0 Å². The molecule has 0 unspecified atom stereocenters. The second-order valence-corrected chi connectivity index (χ2v) is 9.08. The SMILES string of the molecule is CN(C)CCn1[nH]c2c3ccccc3c(=O)c3cc(=NCCNCc4ccccc4)cc(c1=O)c32. The van der Waals surface area contributed by atoms with Gasteiger partial charge < -0.3 is 10.2 Å². The van der Waals surface area contributed by atoms with Gasteiger partial charge in [-0.05, 0) is 31.8 Å². The minimum absolute atomic E-state index is 0.0730. The quantitative estimate of drug-likeness (QED) is 0.209. The fourth-order valence-corrected chi connectivity index (χ4v) is 4.51. The van der Waals surface area contributed by atoms with E-state index in [2.05, 4.69) is 22.5 Å². The van der Waals surface area contributed by atoms with Gasteiger partial charge in [-0.3, -0.25) is 24.4 Å². The maximum absolute atomic E-state index is 13.4. The predicted molar refractivity (Wildman–Crippen MR) is 142 cm³/mol. The molecule has 0 saturated heterocycles. The Bertz CT molecular complexity index is 1670. The topological polar surface area (TPSA) is 82.5 Å². The first-order chi connectivity index (χ1) is 17.0. The third-order valence-electron chi connectivity index (χ3n) is 6.31. The summed E-state index contributed by atoms with van der Waals surface area (Å²) in [5, 5.41) is 10.5. The number of aromatic amines is 1. The van der Waals surface area contributed by atoms with Gasteiger partial charge in [-0.25, -0.2) is 0 Å². The lowest BCUT2D eigenvalue weighted by molar-refractivity contribution is 0.370. The number of aromatic nitrogens is 2. The lowest BCUT2D eigenvalue weighted by Crippen LogP contribution is -2.30. The van der Waals surface area contributed by atoms with Gasteiger partial charge in [0.25, 0.3) is 5.56 Å². The monoisotopic (exact) mass is 467 g/mol. The molecule has 0 amide bonds. The van der Waals surface area contributed by atoms with Crippen molar-refractivity contribution >= 4 is 32.4 Å². The van der Waals surface area contributed by atoms with Crippen molar-refractivity contribution in [3.05, 3.63) is 98.2 Å². The van der Waals surface area contributed by atoms with E-state index in [1.54, 1.807) is 4.68 Å². The molecule has 35 heavy (non-hydrogen) atoms. The normalized spacial score (nSPS) is 12.5. The summed E-state index contributed by atoms with van der Waals surface area (Å²) in [6.45, 7) is 3.24. The van der Waals surface area contributed by atoms with Crippen molar-refractivity contribution in [1.29, 1.82) is 0 Å². The highest BCUT2D eigenvalue weighted by Crippen LogP contribution is 2.26.